The van der Waals surface area contributed by atoms with Crippen molar-refractivity contribution in [2.24, 2.45) is 0 Å². The van der Waals surface area contributed by atoms with Crippen LogP contribution in [-0.4, -0.2) is 13.7 Å². The standard InChI is InChI=1S/C26H31NO/c1-20-17-22(19-25(18-20)28-3)11-10-16-27-26(24-14-8-5-9-15-24)21(2)23-12-6-4-7-13-23/h4-9,12-15,17-19,21,26-27H,10-11,16H2,1-3H3/t21-,26?/m1/s1. The Hall–Kier alpha value is -2.58. The van der Waals surface area contributed by atoms with E-state index in [2.05, 4.69) is 98.0 Å². The number of hydrogen-bond acceptors (Lipinski definition) is 2. The first-order chi connectivity index (χ1) is 13.7. The first-order valence-electron chi connectivity index (χ1n) is 10.1. The maximum Gasteiger partial charge on any atom is 0.119 e. The Morgan fingerprint density at radius 1 is 0.857 bits per heavy atom. The van der Waals surface area contributed by atoms with Crippen molar-refractivity contribution in [2.45, 2.75) is 38.6 Å². The lowest BCUT2D eigenvalue weighted by molar-refractivity contribution is 0.413. The topological polar surface area (TPSA) is 21.3 Å². The molecule has 1 unspecified atom stereocenters. The molecule has 146 valence electrons. The summed E-state index contributed by atoms with van der Waals surface area (Å²) in [6.07, 6.45) is 2.14. The third kappa shape index (κ3) is 5.46. The van der Waals surface area contributed by atoms with Gasteiger partial charge in [-0.3, -0.25) is 0 Å². The molecule has 0 radical (unpaired) electrons. The summed E-state index contributed by atoms with van der Waals surface area (Å²) < 4.78 is 5.40. The van der Waals surface area contributed by atoms with Crippen LogP contribution in [0.5, 0.6) is 5.75 Å². The van der Waals surface area contributed by atoms with Crippen molar-refractivity contribution < 1.29 is 4.74 Å². The number of benzene rings is 3. The first-order valence-corrected chi connectivity index (χ1v) is 10.1. The average Bonchev–Trinajstić information content (AvgIpc) is 2.74. The van der Waals surface area contributed by atoms with Crippen LogP contribution >= 0.6 is 0 Å². The highest BCUT2D eigenvalue weighted by Gasteiger charge is 2.20. The maximum atomic E-state index is 5.40. The molecular weight excluding hydrogens is 342 g/mol. The Morgan fingerprint density at radius 3 is 2.14 bits per heavy atom. The Labute approximate surface area is 169 Å². The summed E-state index contributed by atoms with van der Waals surface area (Å²) in [5, 5.41) is 3.82. The number of aryl methyl sites for hydroxylation is 2. The maximum absolute atomic E-state index is 5.40. The third-order valence-electron chi connectivity index (χ3n) is 5.34. The molecule has 0 amide bonds. The molecule has 0 saturated carbocycles. The average molecular weight is 374 g/mol. The van der Waals surface area contributed by atoms with Gasteiger partial charge in [-0.15, -0.1) is 0 Å². The van der Waals surface area contributed by atoms with Gasteiger partial charge in [0, 0.05) is 12.0 Å². The molecule has 0 bridgehead atoms. The van der Waals surface area contributed by atoms with E-state index in [1.165, 1.54) is 22.3 Å². The quantitative estimate of drug-likeness (QED) is 0.460. The van der Waals surface area contributed by atoms with Gasteiger partial charge in [0.1, 0.15) is 5.75 Å². The molecule has 2 heteroatoms. The van der Waals surface area contributed by atoms with Crippen molar-refractivity contribution in [2.75, 3.05) is 13.7 Å². The Kier molecular flexibility index (Phi) is 7.27. The zero-order valence-corrected chi connectivity index (χ0v) is 17.2. The molecule has 0 heterocycles. The van der Waals surface area contributed by atoms with Crippen molar-refractivity contribution >= 4 is 0 Å². The van der Waals surface area contributed by atoms with E-state index in [4.69, 9.17) is 4.74 Å². The highest BCUT2D eigenvalue weighted by Crippen LogP contribution is 2.30. The SMILES string of the molecule is COc1cc(C)cc(CCCNC(c2ccccc2)[C@H](C)c2ccccc2)c1. The molecule has 28 heavy (non-hydrogen) atoms. The van der Waals surface area contributed by atoms with E-state index < -0.39 is 0 Å². The zero-order valence-electron chi connectivity index (χ0n) is 17.2. The van der Waals surface area contributed by atoms with Gasteiger partial charge in [-0.25, -0.2) is 0 Å². The largest absolute Gasteiger partial charge is 0.497 e. The highest BCUT2D eigenvalue weighted by molar-refractivity contribution is 5.34. The molecule has 0 saturated heterocycles. The summed E-state index contributed by atoms with van der Waals surface area (Å²) in [5.74, 6) is 1.35. The summed E-state index contributed by atoms with van der Waals surface area (Å²) in [6, 6.07) is 28.3. The van der Waals surface area contributed by atoms with Crippen molar-refractivity contribution in [3.63, 3.8) is 0 Å². The van der Waals surface area contributed by atoms with E-state index in [0.717, 1.165) is 25.1 Å². The van der Waals surface area contributed by atoms with Gasteiger partial charge in [0.05, 0.1) is 7.11 Å². The Bertz CT molecular complexity index is 845. The number of hydrogen-bond donors (Lipinski definition) is 1. The summed E-state index contributed by atoms with van der Waals surface area (Å²) in [7, 11) is 1.73. The van der Waals surface area contributed by atoms with Crippen LogP contribution in [0.3, 0.4) is 0 Å². The van der Waals surface area contributed by atoms with Crippen molar-refractivity contribution in [1.29, 1.82) is 0 Å². The van der Waals surface area contributed by atoms with Crippen LogP contribution in [0.2, 0.25) is 0 Å². The van der Waals surface area contributed by atoms with Crippen LogP contribution in [0.1, 0.15) is 47.6 Å². The van der Waals surface area contributed by atoms with Crippen LogP contribution in [0, 0.1) is 6.92 Å². The molecule has 0 spiro atoms. The minimum atomic E-state index is 0.302. The molecule has 3 aromatic carbocycles. The van der Waals surface area contributed by atoms with E-state index >= 15 is 0 Å². The second kappa shape index (κ2) is 10.1. The van der Waals surface area contributed by atoms with Crippen LogP contribution in [0.4, 0.5) is 0 Å². The van der Waals surface area contributed by atoms with E-state index in [1.807, 2.05) is 0 Å². The lowest BCUT2D eigenvalue weighted by Gasteiger charge is -2.26. The van der Waals surface area contributed by atoms with Gasteiger partial charge < -0.3 is 10.1 Å². The van der Waals surface area contributed by atoms with Crippen molar-refractivity contribution in [3.8, 4) is 5.75 Å². The number of rotatable bonds is 9. The van der Waals surface area contributed by atoms with E-state index in [-0.39, 0.29) is 0 Å². The van der Waals surface area contributed by atoms with E-state index in [9.17, 15) is 0 Å². The third-order valence-corrected chi connectivity index (χ3v) is 5.34. The normalized spacial score (nSPS) is 13.1. The summed E-state index contributed by atoms with van der Waals surface area (Å²) in [5.41, 5.74) is 5.30. The molecule has 0 aromatic heterocycles. The smallest absolute Gasteiger partial charge is 0.119 e. The molecule has 0 aliphatic rings. The van der Waals surface area contributed by atoms with Gasteiger partial charge in [-0.05, 0) is 60.7 Å². The number of ether oxygens (including phenoxy) is 1. The van der Waals surface area contributed by atoms with Gasteiger partial charge in [0.15, 0.2) is 0 Å². The van der Waals surface area contributed by atoms with E-state index in [0.29, 0.717) is 12.0 Å². The molecule has 1 N–H and O–H groups in total. The molecule has 3 rings (SSSR count). The monoisotopic (exact) mass is 373 g/mol. The zero-order chi connectivity index (χ0) is 19.8. The van der Waals surface area contributed by atoms with Gasteiger partial charge in [-0.1, -0.05) is 73.7 Å². The van der Waals surface area contributed by atoms with Crippen LogP contribution in [-0.2, 0) is 6.42 Å². The number of methoxy groups -OCH3 is 1. The first kappa shape index (κ1) is 20.2. The molecule has 3 aromatic rings. The minimum Gasteiger partial charge on any atom is -0.497 e. The molecular formula is C26H31NO. The molecule has 0 aliphatic carbocycles. The fraction of sp³-hybridized carbons (Fsp3) is 0.308. The second-order valence-electron chi connectivity index (χ2n) is 7.50. The Balaban J connectivity index is 1.65. The lowest BCUT2D eigenvalue weighted by Crippen LogP contribution is -2.27. The number of nitrogens with one attached hydrogen (secondary N) is 1. The van der Waals surface area contributed by atoms with Crippen molar-refractivity contribution in [3.05, 3.63) is 101 Å². The predicted octanol–water partition coefficient (Wildman–Crippen LogP) is 6.07. The van der Waals surface area contributed by atoms with Crippen LogP contribution < -0.4 is 10.1 Å². The fourth-order valence-corrected chi connectivity index (χ4v) is 3.83. The fourth-order valence-electron chi connectivity index (χ4n) is 3.83. The van der Waals surface area contributed by atoms with Crippen LogP contribution in [0.25, 0.3) is 0 Å². The predicted molar refractivity (Wildman–Crippen MR) is 118 cm³/mol. The van der Waals surface area contributed by atoms with Crippen molar-refractivity contribution in [1.82, 2.24) is 5.32 Å². The van der Waals surface area contributed by atoms with Gasteiger partial charge >= 0.3 is 0 Å². The minimum absolute atomic E-state index is 0.302. The van der Waals surface area contributed by atoms with Crippen LogP contribution in [0.15, 0.2) is 78.9 Å². The molecule has 0 fully saturated rings. The second-order valence-corrected chi connectivity index (χ2v) is 7.50. The van der Waals surface area contributed by atoms with Gasteiger partial charge in [-0.2, -0.15) is 0 Å². The lowest BCUT2D eigenvalue weighted by atomic mass is 9.88. The van der Waals surface area contributed by atoms with Gasteiger partial charge in [0.2, 0.25) is 0 Å². The van der Waals surface area contributed by atoms with Gasteiger partial charge in [0.25, 0.3) is 0 Å². The van der Waals surface area contributed by atoms with E-state index in [1.54, 1.807) is 7.11 Å². The summed E-state index contributed by atoms with van der Waals surface area (Å²) >= 11 is 0. The molecule has 2 atom stereocenters. The Morgan fingerprint density at radius 2 is 1.50 bits per heavy atom. The summed E-state index contributed by atoms with van der Waals surface area (Å²) in [6.45, 7) is 5.41. The highest BCUT2D eigenvalue weighted by atomic mass is 16.5. The summed E-state index contributed by atoms with van der Waals surface area (Å²) in [4.78, 5) is 0. The molecule has 2 nitrogen and oxygen atoms in total. The molecule has 0 aliphatic heterocycles.